The van der Waals surface area contributed by atoms with E-state index in [0.717, 1.165) is 24.2 Å². The van der Waals surface area contributed by atoms with Crippen molar-refractivity contribution in [3.63, 3.8) is 0 Å². The van der Waals surface area contributed by atoms with Gasteiger partial charge in [-0.2, -0.15) is 0 Å². The Morgan fingerprint density at radius 3 is 2.52 bits per heavy atom. The average Bonchev–Trinajstić information content (AvgIpc) is 2.41. The Morgan fingerprint density at radius 2 is 2.00 bits per heavy atom. The van der Waals surface area contributed by atoms with Crippen LogP contribution in [0, 0.1) is 6.92 Å². The van der Waals surface area contributed by atoms with E-state index in [1.807, 2.05) is 19.1 Å². The van der Waals surface area contributed by atoms with Crippen LogP contribution in [0.1, 0.15) is 29.3 Å². The van der Waals surface area contributed by atoms with Gasteiger partial charge in [0.1, 0.15) is 9.84 Å². The van der Waals surface area contributed by atoms with Crippen molar-refractivity contribution >= 4 is 21.4 Å². The van der Waals surface area contributed by atoms with Crippen LogP contribution in [-0.2, 0) is 9.84 Å². The molecule has 0 atom stereocenters. The molecule has 1 rings (SSSR count). The van der Waals surface area contributed by atoms with Crippen LogP contribution in [0.3, 0.4) is 0 Å². The van der Waals surface area contributed by atoms with Crippen LogP contribution in [0.5, 0.6) is 0 Å². The number of anilines is 1. The van der Waals surface area contributed by atoms with E-state index in [-0.39, 0.29) is 18.2 Å². The first-order chi connectivity index (χ1) is 9.74. The van der Waals surface area contributed by atoms with E-state index >= 15 is 0 Å². The predicted molar refractivity (Wildman–Crippen MR) is 86.6 cm³/mol. The van der Waals surface area contributed by atoms with Crippen LogP contribution < -0.4 is 5.32 Å². The molecule has 1 aromatic carbocycles. The number of rotatable bonds is 7. The smallest absolute Gasteiger partial charge is 0.253 e. The Labute approximate surface area is 127 Å². The highest BCUT2D eigenvalue weighted by Gasteiger charge is 2.14. The van der Waals surface area contributed by atoms with Crippen molar-refractivity contribution in [2.24, 2.45) is 0 Å². The Balaban J connectivity index is 2.76. The highest BCUT2D eigenvalue weighted by Crippen LogP contribution is 2.17. The third-order valence-corrected chi connectivity index (χ3v) is 4.11. The lowest BCUT2D eigenvalue weighted by molar-refractivity contribution is 0.0803. The molecule has 6 heteroatoms. The summed E-state index contributed by atoms with van der Waals surface area (Å²) in [5, 5.41) is 3.30. The molecule has 0 radical (unpaired) electrons. The van der Waals surface area contributed by atoms with E-state index < -0.39 is 9.84 Å². The Morgan fingerprint density at radius 1 is 1.33 bits per heavy atom. The van der Waals surface area contributed by atoms with Gasteiger partial charge in [-0.15, -0.1) is 0 Å². The fourth-order valence-electron chi connectivity index (χ4n) is 1.88. The summed E-state index contributed by atoms with van der Waals surface area (Å²) in [6.07, 6.45) is 2.21. The van der Waals surface area contributed by atoms with E-state index in [1.165, 1.54) is 11.2 Å². The van der Waals surface area contributed by atoms with Gasteiger partial charge >= 0.3 is 0 Å². The number of aryl methyl sites for hydroxylation is 1. The first kappa shape index (κ1) is 17.5. The minimum atomic E-state index is -3.06. The first-order valence-electron chi connectivity index (χ1n) is 7.02. The van der Waals surface area contributed by atoms with Crippen LogP contribution in [-0.4, -0.2) is 51.4 Å². The molecule has 0 aliphatic carbocycles. The Kier molecular flexibility index (Phi) is 6.20. The van der Waals surface area contributed by atoms with Crippen molar-refractivity contribution in [3.05, 3.63) is 29.3 Å². The normalized spacial score (nSPS) is 11.2. The predicted octanol–water partition coefficient (Wildman–Crippen LogP) is 1.93. The van der Waals surface area contributed by atoms with Crippen LogP contribution in [0.4, 0.5) is 5.69 Å². The van der Waals surface area contributed by atoms with Crippen molar-refractivity contribution in [2.45, 2.75) is 20.3 Å². The zero-order valence-corrected chi connectivity index (χ0v) is 14.0. The van der Waals surface area contributed by atoms with Crippen molar-refractivity contribution in [1.29, 1.82) is 0 Å². The summed E-state index contributed by atoms with van der Waals surface area (Å²) >= 11 is 0. The third-order valence-electron chi connectivity index (χ3n) is 3.18. The lowest BCUT2D eigenvalue weighted by Gasteiger charge is -2.17. The maximum atomic E-state index is 12.2. The highest BCUT2D eigenvalue weighted by molar-refractivity contribution is 7.90. The second-order valence-electron chi connectivity index (χ2n) is 5.31. The maximum absolute atomic E-state index is 12.2. The zero-order chi connectivity index (χ0) is 16.0. The topological polar surface area (TPSA) is 66.5 Å². The second kappa shape index (κ2) is 7.45. The molecular weight excluding hydrogens is 288 g/mol. The minimum Gasteiger partial charge on any atom is -0.385 e. The number of nitrogens with zero attached hydrogens (tertiary/aromatic N) is 1. The molecule has 0 spiro atoms. The largest absolute Gasteiger partial charge is 0.385 e. The fraction of sp³-hybridized carbons (Fsp3) is 0.533. The van der Waals surface area contributed by atoms with E-state index in [0.29, 0.717) is 5.56 Å². The molecule has 118 valence electrons. The van der Waals surface area contributed by atoms with E-state index in [4.69, 9.17) is 0 Å². The highest BCUT2D eigenvalue weighted by atomic mass is 32.2. The number of carbonyl (C=O) groups excluding carboxylic acids is 1. The number of hydrogen-bond acceptors (Lipinski definition) is 4. The summed E-state index contributed by atoms with van der Waals surface area (Å²) in [6.45, 7) is 5.14. The molecular formula is C15H24N2O3S. The molecule has 0 aromatic heterocycles. The van der Waals surface area contributed by atoms with Crippen LogP contribution in [0.15, 0.2) is 18.2 Å². The van der Waals surface area contributed by atoms with Crippen LogP contribution in [0.2, 0.25) is 0 Å². The molecule has 0 bridgehead atoms. The Hall–Kier alpha value is -1.56. The number of benzene rings is 1. The van der Waals surface area contributed by atoms with Gasteiger partial charge in [0.05, 0.1) is 5.75 Å². The SMILES string of the molecule is CCCNc1ccc(C(=O)N(C)CCS(C)(=O)=O)cc1C. The minimum absolute atomic E-state index is 0.0235. The standard InChI is InChI=1S/C15H24N2O3S/c1-5-8-16-14-7-6-13(11-12(14)2)15(18)17(3)9-10-21(4,19)20/h6-7,11,16H,5,8-10H2,1-4H3. The average molecular weight is 312 g/mol. The van der Waals surface area contributed by atoms with E-state index in [1.54, 1.807) is 13.1 Å². The van der Waals surface area contributed by atoms with Gasteiger partial charge in [0.15, 0.2) is 0 Å². The molecule has 1 amide bonds. The molecule has 1 N–H and O–H groups in total. The van der Waals surface area contributed by atoms with E-state index in [2.05, 4.69) is 12.2 Å². The molecule has 0 saturated heterocycles. The van der Waals surface area contributed by atoms with Gasteiger partial charge < -0.3 is 10.2 Å². The number of nitrogens with one attached hydrogen (secondary N) is 1. The van der Waals surface area contributed by atoms with Crippen molar-refractivity contribution in [3.8, 4) is 0 Å². The van der Waals surface area contributed by atoms with Gasteiger partial charge in [-0.05, 0) is 37.1 Å². The van der Waals surface area contributed by atoms with Gasteiger partial charge in [-0.25, -0.2) is 8.42 Å². The second-order valence-corrected chi connectivity index (χ2v) is 7.57. The summed E-state index contributed by atoms with van der Waals surface area (Å²) in [7, 11) is -1.45. The molecule has 0 fully saturated rings. The third kappa shape index (κ3) is 5.75. The molecule has 21 heavy (non-hydrogen) atoms. The number of carbonyl (C=O) groups is 1. The maximum Gasteiger partial charge on any atom is 0.253 e. The number of hydrogen-bond donors (Lipinski definition) is 1. The van der Waals surface area contributed by atoms with Gasteiger partial charge in [0.25, 0.3) is 5.91 Å². The Bertz CT molecular complexity index is 597. The van der Waals surface area contributed by atoms with Gasteiger partial charge in [0, 0.05) is 37.6 Å². The molecule has 0 aliphatic heterocycles. The van der Waals surface area contributed by atoms with Gasteiger partial charge in [-0.3, -0.25) is 4.79 Å². The van der Waals surface area contributed by atoms with Crippen molar-refractivity contribution in [1.82, 2.24) is 4.90 Å². The van der Waals surface area contributed by atoms with E-state index in [9.17, 15) is 13.2 Å². The quantitative estimate of drug-likeness (QED) is 0.835. The summed E-state index contributed by atoms with van der Waals surface area (Å²) in [6, 6.07) is 5.49. The summed E-state index contributed by atoms with van der Waals surface area (Å²) in [5.41, 5.74) is 2.60. The molecule has 0 heterocycles. The summed E-state index contributed by atoms with van der Waals surface area (Å²) in [5.74, 6) is -0.187. The van der Waals surface area contributed by atoms with Crippen LogP contribution in [0.25, 0.3) is 0 Å². The van der Waals surface area contributed by atoms with Crippen LogP contribution >= 0.6 is 0 Å². The molecule has 0 unspecified atom stereocenters. The van der Waals surface area contributed by atoms with Crippen molar-refractivity contribution < 1.29 is 13.2 Å². The van der Waals surface area contributed by atoms with Gasteiger partial charge in [-0.1, -0.05) is 6.92 Å². The number of sulfone groups is 1. The molecule has 0 saturated carbocycles. The fourth-order valence-corrected chi connectivity index (χ4v) is 2.48. The van der Waals surface area contributed by atoms with Crippen molar-refractivity contribution in [2.75, 3.05) is 37.5 Å². The van der Waals surface area contributed by atoms with Gasteiger partial charge in [0.2, 0.25) is 0 Å². The molecule has 5 nitrogen and oxygen atoms in total. The lowest BCUT2D eigenvalue weighted by atomic mass is 10.1. The summed E-state index contributed by atoms with van der Waals surface area (Å²) in [4.78, 5) is 13.7. The number of amides is 1. The summed E-state index contributed by atoms with van der Waals surface area (Å²) < 4.78 is 22.3. The molecule has 0 aliphatic rings. The molecule has 1 aromatic rings. The lowest BCUT2D eigenvalue weighted by Crippen LogP contribution is -2.31. The monoisotopic (exact) mass is 312 g/mol. The zero-order valence-electron chi connectivity index (χ0n) is 13.1. The first-order valence-corrected chi connectivity index (χ1v) is 9.08.